The van der Waals surface area contributed by atoms with Crippen LogP contribution in [0.5, 0.6) is 0 Å². The Morgan fingerprint density at radius 2 is 2.03 bits per heavy atom. The fraction of sp³-hybridized carbons (Fsp3) is 0.714. The van der Waals surface area contributed by atoms with Crippen LogP contribution in [-0.2, 0) is 19.5 Å². The number of nitrogens with zero attached hydrogens (tertiary/aromatic N) is 1. The number of ether oxygens (including phenoxy) is 2. The standard InChI is InChI=1S/C21H33BrN2O4S2/c1-4-20(3)16-24(10-11-28-20)30(25,26)19-7-6-17(22)14-18(19)23-15-21(27-5-2)8-12-29-13-9-21/h6-7,14,23H,4-5,8-13,15-16H2,1-3H3. The van der Waals surface area contributed by atoms with E-state index in [4.69, 9.17) is 9.47 Å². The van der Waals surface area contributed by atoms with Crippen molar-refractivity contribution in [1.29, 1.82) is 0 Å². The van der Waals surface area contributed by atoms with Crippen molar-refractivity contribution in [3.8, 4) is 0 Å². The number of thioether (sulfide) groups is 1. The third-order valence-corrected chi connectivity index (χ3v) is 9.45. The van der Waals surface area contributed by atoms with Gasteiger partial charge in [0.05, 0.1) is 23.5 Å². The molecule has 1 aromatic carbocycles. The number of hydrogen-bond acceptors (Lipinski definition) is 6. The summed E-state index contributed by atoms with van der Waals surface area (Å²) in [6.45, 7) is 8.40. The van der Waals surface area contributed by atoms with Gasteiger partial charge in [0.15, 0.2) is 0 Å². The minimum atomic E-state index is -3.65. The fourth-order valence-electron chi connectivity index (χ4n) is 3.99. The minimum Gasteiger partial charge on any atom is -0.381 e. The van der Waals surface area contributed by atoms with Crippen molar-refractivity contribution in [3.05, 3.63) is 22.7 Å². The number of anilines is 1. The fourth-order valence-corrected chi connectivity index (χ4v) is 7.28. The van der Waals surface area contributed by atoms with E-state index in [0.717, 1.165) is 35.2 Å². The summed E-state index contributed by atoms with van der Waals surface area (Å²) in [5.41, 5.74) is -0.0812. The normalized spacial score (nSPS) is 25.2. The van der Waals surface area contributed by atoms with Crippen LogP contribution in [0.2, 0.25) is 0 Å². The summed E-state index contributed by atoms with van der Waals surface area (Å²) in [6, 6.07) is 5.32. The molecule has 1 atom stereocenters. The molecule has 1 aromatic rings. The van der Waals surface area contributed by atoms with Crippen LogP contribution in [0, 0.1) is 0 Å². The first-order chi connectivity index (χ1) is 14.2. The molecule has 0 spiro atoms. The SMILES string of the molecule is CCOC1(CNc2cc(Br)ccc2S(=O)(=O)N2CCOC(C)(CC)C2)CCSCC1. The average Bonchev–Trinajstić information content (AvgIpc) is 2.73. The number of halogens is 1. The zero-order chi connectivity index (χ0) is 21.8. The van der Waals surface area contributed by atoms with E-state index in [1.165, 1.54) is 0 Å². The van der Waals surface area contributed by atoms with Crippen molar-refractivity contribution in [2.75, 3.05) is 49.7 Å². The third-order valence-electron chi connectivity index (χ3n) is 6.06. The molecule has 0 bridgehead atoms. The quantitative estimate of drug-likeness (QED) is 0.549. The zero-order valence-electron chi connectivity index (χ0n) is 18.1. The smallest absolute Gasteiger partial charge is 0.245 e. The van der Waals surface area contributed by atoms with Gasteiger partial charge in [-0.3, -0.25) is 0 Å². The van der Waals surface area contributed by atoms with Crippen LogP contribution in [-0.4, -0.2) is 68.3 Å². The van der Waals surface area contributed by atoms with Gasteiger partial charge >= 0.3 is 0 Å². The molecule has 2 fully saturated rings. The molecule has 30 heavy (non-hydrogen) atoms. The highest BCUT2D eigenvalue weighted by molar-refractivity contribution is 9.10. The Bertz CT molecular complexity index is 825. The van der Waals surface area contributed by atoms with Gasteiger partial charge in [-0.05, 0) is 62.8 Å². The Labute approximate surface area is 193 Å². The molecule has 0 aromatic heterocycles. The highest BCUT2D eigenvalue weighted by atomic mass is 79.9. The molecular weight excluding hydrogens is 488 g/mol. The minimum absolute atomic E-state index is 0.247. The van der Waals surface area contributed by atoms with E-state index in [9.17, 15) is 8.42 Å². The van der Waals surface area contributed by atoms with Crippen LogP contribution in [0.25, 0.3) is 0 Å². The number of morpholine rings is 1. The third kappa shape index (κ3) is 5.53. The maximum absolute atomic E-state index is 13.6. The molecule has 0 saturated carbocycles. The predicted molar refractivity (Wildman–Crippen MR) is 127 cm³/mol. The van der Waals surface area contributed by atoms with Crippen molar-refractivity contribution >= 4 is 43.4 Å². The Hall–Kier alpha value is -0.320. The van der Waals surface area contributed by atoms with Crippen molar-refractivity contribution in [2.45, 2.75) is 56.1 Å². The summed E-state index contributed by atoms with van der Waals surface area (Å²) in [7, 11) is -3.65. The van der Waals surface area contributed by atoms with Gasteiger partial charge in [-0.1, -0.05) is 22.9 Å². The van der Waals surface area contributed by atoms with Crippen molar-refractivity contribution in [2.24, 2.45) is 0 Å². The monoisotopic (exact) mass is 520 g/mol. The molecule has 1 unspecified atom stereocenters. The molecule has 170 valence electrons. The first-order valence-electron chi connectivity index (χ1n) is 10.6. The topological polar surface area (TPSA) is 67.9 Å². The van der Waals surface area contributed by atoms with E-state index in [1.54, 1.807) is 16.4 Å². The van der Waals surface area contributed by atoms with Crippen molar-refractivity contribution < 1.29 is 17.9 Å². The van der Waals surface area contributed by atoms with E-state index >= 15 is 0 Å². The molecule has 9 heteroatoms. The molecule has 0 radical (unpaired) electrons. The molecule has 2 aliphatic heterocycles. The van der Waals surface area contributed by atoms with Crippen LogP contribution < -0.4 is 5.32 Å². The summed E-state index contributed by atoms with van der Waals surface area (Å²) in [4.78, 5) is 0.308. The highest BCUT2D eigenvalue weighted by Gasteiger charge is 2.38. The van der Waals surface area contributed by atoms with Gasteiger partial charge in [-0.15, -0.1) is 0 Å². The maximum Gasteiger partial charge on any atom is 0.245 e. The first-order valence-corrected chi connectivity index (χ1v) is 14.0. The molecular formula is C21H33BrN2O4S2. The summed E-state index contributed by atoms with van der Waals surface area (Å²) >= 11 is 5.44. The molecule has 2 aliphatic rings. The Morgan fingerprint density at radius 3 is 2.70 bits per heavy atom. The number of benzene rings is 1. The molecule has 6 nitrogen and oxygen atoms in total. The molecule has 0 amide bonds. The molecule has 2 saturated heterocycles. The van der Waals surface area contributed by atoms with E-state index in [2.05, 4.69) is 21.2 Å². The predicted octanol–water partition coefficient (Wildman–Crippen LogP) is 4.35. The van der Waals surface area contributed by atoms with Crippen LogP contribution in [0.15, 0.2) is 27.6 Å². The van der Waals surface area contributed by atoms with Gasteiger partial charge < -0.3 is 14.8 Å². The van der Waals surface area contributed by atoms with E-state index in [-0.39, 0.29) is 5.60 Å². The Morgan fingerprint density at radius 1 is 1.30 bits per heavy atom. The maximum atomic E-state index is 13.6. The number of rotatable bonds is 8. The largest absolute Gasteiger partial charge is 0.381 e. The lowest BCUT2D eigenvalue weighted by Gasteiger charge is -2.39. The van der Waals surface area contributed by atoms with Crippen LogP contribution in [0.4, 0.5) is 5.69 Å². The Kier molecular flexibility index (Phi) is 8.18. The second-order valence-electron chi connectivity index (χ2n) is 8.21. The summed E-state index contributed by atoms with van der Waals surface area (Å²) < 4.78 is 41.5. The second kappa shape index (κ2) is 10.1. The number of sulfonamides is 1. The lowest BCUT2D eigenvalue weighted by atomic mass is 9.96. The number of hydrogen-bond donors (Lipinski definition) is 1. The van der Waals surface area contributed by atoms with Gasteiger partial charge in [0.2, 0.25) is 10.0 Å². The molecule has 3 rings (SSSR count). The van der Waals surface area contributed by atoms with Crippen LogP contribution in [0.3, 0.4) is 0 Å². The van der Waals surface area contributed by atoms with Crippen LogP contribution >= 0.6 is 27.7 Å². The molecule has 0 aliphatic carbocycles. The van der Waals surface area contributed by atoms with Gasteiger partial charge in [0.25, 0.3) is 0 Å². The summed E-state index contributed by atoms with van der Waals surface area (Å²) in [5, 5.41) is 3.43. The van der Waals surface area contributed by atoms with Gasteiger partial charge in [0.1, 0.15) is 4.90 Å². The van der Waals surface area contributed by atoms with Gasteiger partial charge in [-0.2, -0.15) is 16.1 Å². The van der Waals surface area contributed by atoms with Gasteiger partial charge in [0, 0.05) is 30.7 Å². The van der Waals surface area contributed by atoms with Crippen molar-refractivity contribution in [1.82, 2.24) is 4.31 Å². The first kappa shape index (κ1) is 24.3. The lowest BCUT2D eigenvalue weighted by molar-refractivity contribution is -0.0787. The average molecular weight is 522 g/mol. The number of nitrogens with one attached hydrogen (secondary N) is 1. The van der Waals surface area contributed by atoms with Crippen molar-refractivity contribution in [3.63, 3.8) is 0 Å². The zero-order valence-corrected chi connectivity index (χ0v) is 21.3. The molecule has 1 N–H and O–H groups in total. The summed E-state index contributed by atoms with van der Waals surface area (Å²) in [5.74, 6) is 2.13. The lowest BCUT2D eigenvalue weighted by Crippen LogP contribution is -2.51. The van der Waals surface area contributed by atoms with Crippen LogP contribution in [0.1, 0.15) is 40.0 Å². The van der Waals surface area contributed by atoms with E-state index in [1.807, 2.05) is 38.6 Å². The van der Waals surface area contributed by atoms with Gasteiger partial charge in [-0.25, -0.2) is 8.42 Å². The van der Waals surface area contributed by atoms with E-state index in [0.29, 0.717) is 43.4 Å². The molecule has 2 heterocycles. The second-order valence-corrected chi connectivity index (χ2v) is 12.3. The highest BCUT2D eigenvalue weighted by Crippen LogP contribution is 2.34. The van der Waals surface area contributed by atoms with E-state index < -0.39 is 15.6 Å². The summed E-state index contributed by atoms with van der Waals surface area (Å²) in [6.07, 6.45) is 2.69. The Balaban J connectivity index is 1.86.